The molecule has 0 aliphatic carbocycles. The second kappa shape index (κ2) is 4.33. The number of hydrogen-bond acceptors (Lipinski definition) is 3. The summed E-state index contributed by atoms with van der Waals surface area (Å²) in [6.07, 6.45) is 0.354. The molecule has 0 fully saturated rings. The fourth-order valence-corrected chi connectivity index (χ4v) is 0.446. The maximum absolute atomic E-state index is 9.94. The molecule has 0 unspecified atom stereocenters. The van der Waals surface area contributed by atoms with E-state index in [1.54, 1.807) is 5.48 Å². The Bertz CT molecular complexity index is 188. The Morgan fingerprint density at radius 2 is 2.10 bits per heavy atom. The van der Waals surface area contributed by atoms with Gasteiger partial charge < -0.3 is 0 Å². The quantitative estimate of drug-likeness (QED) is 0.300. The zero-order valence-electron chi connectivity index (χ0n) is 4.90. The molecule has 0 aliphatic rings. The number of carbonyl (C=O) groups is 1. The normalized spacial score (nSPS) is 11.9. The Morgan fingerprint density at radius 1 is 1.60 bits per heavy atom. The Balaban J connectivity index is 4.45. The van der Waals surface area contributed by atoms with Gasteiger partial charge >= 0.3 is 0 Å². The SMILES string of the molecule is C=C(NO)/C(Cl)=C(/Cl)C=O. The van der Waals surface area contributed by atoms with Crippen molar-refractivity contribution in [1.82, 2.24) is 5.48 Å². The van der Waals surface area contributed by atoms with E-state index < -0.39 is 0 Å². The van der Waals surface area contributed by atoms with Crippen molar-refractivity contribution in [2.75, 3.05) is 0 Å². The summed E-state index contributed by atoms with van der Waals surface area (Å²) in [5, 5.41) is 7.91. The van der Waals surface area contributed by atoms with Gasteiger partial charge in [-0.2, -0.15) is 0 Å². The largest absolute Gasteiger partial charge is 0.297 e. The lowest BCUT2D eigenvalue weighted by Gasteiger charge is -1.99. The molecule has 5 heteroatoms. The summed E-state index contributed by atoms with van der Waals surface area (Å²) in [6, 6.07) is 0. The van der Waals surface area contributed by atoms with Crippen LogP contribution >= 0.6 is 23.2 Å². The Morgan fingerprint density at radius 3 is 2.40 bits per heavy atom. The number of halogens is 2. The molecule has 0 saturated heterocycles. The van der Waals surface area contributed by atoms with E-state index in [4.69, 9.17) is 28.4 Å². The van der Waals surface area contributed by atoms with Crippen molar-refractivity contribution in [1.29, 1.82) is 0 Å². The van der Waals surface area contributed by atoms with Crippen molar-refractivity contribution < 1.29 is 10.0 Å². The zero-order valence-corrected chi connectivity index (χ0v) is 6.41. The van der Waals surface area contributed by atoms with Crippen molar-refractivity contribution >= 4 is 29.5 Å². The van der Waals surface area contributed by atoms with E-state index in [1.165, 1.54) is 0 Å². The van der Waals surface area contributed by atoms with Crippen LogP contribution in [0.2, 0.25) is 0 Å². The Hall–Kier alpha value is -0.510. The molecule has 2 N–H and O–H groups in total. The number of hydroxylamine groups is 1. The van der Waals surface area contributed by atoms with Crippen LogP contribution in [0.5, 0.6) is 0 Å². The number of carbonyl (C=O) groups excluding carboxylic acids is 1. The van der Waals surface area contributed by atoms with Gasteiger partial charge in [-0.1, -0.05) is 29.8 Å². The molecule has 56 valence electrons. The van der Waals surface area contributed by atoms with E-state index in [0.717, 1.165) is 0 Å². The molecular weight excluding hydrogens is 177 g/mol. The molecule has 0 aromatic rings. The van der Waals surface area contributed by atoms with Crippen LogP contribution < -0.4 is 5.48 Å². The lowest BCUT2D eigenvalue weighted by Crippen LogP contribution is -2.05. The molecule has 0 spiro atoms. The van der Waals surface area contributed by atoms with Crippen molar-refractivity contribution in [3.05, 3.63) is 22.3 Å². The number of nitrogens with one attached hydrogen (secondary N) is 1. The number of allylic oxidation sites excluding steroid dienone is 2. The molecule has 0 rings (SSSR count). The van der Waals surface area contributed by atoms with Crippen LogP contribution in [0.1, 0.15) is 0 Å². The van der Waals surface area contributed by atoms with Crippen LogP contribution in [0.4, 0.5) is 0 Å². The summed E-state index contributed by atoms with van der Waals surface area (Å²) in [6.45, 7) is 3.25. The van der Waals surface area contributed by atoms with Gasteiger partial charge in [0.25, 0.3) is 0 Å². The van der Waals surface area contributed by atoms with Gasteiger partial charge in [-0.15, -0.1) is 0 Å². The van der Waals surface area contributed by atoms with Crippen molar-refractivity contribution in [2.45, 2.75) is 0 Å². The minimum atomic E-state index is -0.201. The van der Waals surface area contributed by atoms with Gasteiger partial charge in [0.1, 0.15) is 5.03 Å². The third kappa shape index (κ3) is 2.39. The van der Waals surface area contributed by atoms with Crippen LogP contribution in [0, 0.1) is 0 Å². The zero-order chi connectivity index (χ0) is 8.15. The van der Waals surface area contributed by atoms with Gasteiger partial charge in [-0.3, -0.25) is 15.5 Å². The smallest absolute Gasteiger partial charge is 0.163 e. The summed E-state index contributed by atoms with van der Waals surface area (Å²) in [7, 11) is 0. The Kier molecular flexibility index (Phi) is 4.11. The molecule has 0 heterocycles. The maximum atomic E-state index is 9.94. The van der Waals surface area contributed by atoms with E-state index in [9.17, 15) is 4.79 Å². The van der Waals surface area contributed by atoms with Gasteiger partial charge in [-0.25, -0.2) is 0 Å². The van der Waals surface area contributed by atoms with Gasteiger partial charge in [0.05, 0.1) is 10.7 Å². The second-order valence-corrected chi connectivity index (χ2v) is 2.16. The third-order valence-corrected chi connectivity index (χ3v) is 1.52. The van der Waals surface area contributed by atoms with Crippen molar-refractivity contribution in [3.63, 3.8) is 0 Å². The van der Waals surface area contributed by atoms with E-state index in [-0.39, 0.29) is 15.8 Å². The lowest BCUT2D eigenvalue weighted by molar-refractivity contribution is -0.104. The van der Waals surface area contributed by atoms with Crippen LogP contribution in [0.15, 0.2) is 22.3 Å². The van der Waals surface area contributed by atoms with Gasteiger partial charge in [0, 0.05) is 0 Å². The number of rotatable bonds is 3. The molecule has 3 nitrogen and oxygen atoms in total. The van der Waals surface area contributed by atoms with Gasteiger partial charge in [-0.05, 0) is 0 Å². The molecular formula is C5H5Cl2NO2. The molecule has 0 radical (unpaired) electrons. The Labute approximate surface area is 67.9 Å². The maximum Gasteiger partial charge on any atom is 0.163 e. The molecule has 10 heavy (non-hydrogen) atoms. The highest BCUT2D eigenvalue weighted by molar-refractivity contribution is 6.46. The molecule has 0 saturated carbocycles. The molecule has 0 aromatic heterocycles. The van der Waals surface area contributed by atoms with E-state index in [0.29, 0.717) is 6.29 Å². The minimum absolute atomic E-state index is 0.0150. The number of aldehydes is 1. The molecule has 0 aliphatic heterocycles. The van der Waals surface area contributed by atoms with E-state index in [1.807, 2.05) is 0 Å². The van der Waals surface area contributed by atoms with E-state index in [2.05, 4.69) is 6.58 Å². The average Bonchev–Trinajstić information content (AvgIpc) is 2.00. The van der Waals surface area contributed by atoms with Crippen LogP contribution in [0.25, 0.3) is 0 Å². The molecule has 0 aromatic carbocycles. The predicted octanol–water partition coefficient (Wildman–Crippen LogP) is 1.37. The first-order valence-electron chi connectivity index (χ1n) is 2.23. The summed E-state index contributed by atoms with van der Waals surface area (Å²) < 4.78 is 0. The summed E-state index contributed by atoms with van der Waals surface area (Å²) in [5.74, 6) is 0. The first-order chi connectivity index (χ1) is 4.63. The minimum Gasteiger partial charge on any atom is -0.297 e. The van der Waals surface area contributed by atoms with Crippen molar-refractivity contribution in [3.8, 4) is 0 Å². The average molecular weight is 182 g/mol. The van der Waals surface area contributed by atoms with E-state index >= 15 is 0 Å². The summed E-state index contributed by atoms with van der Waals surface area (Å²) in [4.78, 5) is 9.94. The topological polar surface area (TPSA) is 49.3 Å². The highest BCUT2D eigenvalue weighted by atomic mass is 35.5. The molecule has 0 amide bonds. The van der Waals surface area contributed by atoms with Gasteiger partial charge in [0.15, 0.2) is 6.29 Å². The lowest BCUT2D eigenvalue weighted by atomic mass is 10.4. The predicted molar refractivity (Wildman–Crippen MR) is 38.9 cm³/mol. The highest BCUT2D eigenvalue weighted by Gasteiger charge is 2.02. The number of hydrogen-bond donors (Lipinski definition) is 2. The van der Waals surface area contributed by atoms with Gasteiger partial charge in [0.2, 0.25) is 0 Å². The fourth-order valence-electron chi connectivity index (χ4n) is 0.245. The first-order valence-corrected chi connectivity index (χ1v) is 2.99. The molecule has 0 bridgehead atoms. The van der Waals surface area contributed by atoms with Crippen LogP contribution in [-0.4, -0.2) is 11.5 Å². The standard InChI is InChI=1S/C5H5Cl2NO2/c1-3(8-10)5(7)4(6)2-9/h2,8,10H,1H2/b5-4-. The van der Waals surface area contributed by atoms with Crippen LogP contribution in [0.3, 0.4) is 0 Å². The third-order valence-electron chi connectivity index (χ3n) is 0.713. The van der Waals surface area contributed by atoms with Crippen LogP contribution in [-0.2, 0) is 4.79 Å². The first kappa shape index (κ1) is 9.49. The molecule has 0 atom stereocenters. The monoisotopic (exact) mass is 181 g/mol. The second-order valence-electron chi connectivity index (χ2n) is 1.37. The highest BCUT2D eigenvalue weighted by Crippen LogP contribution is 2.16. The van der Waals surface area contributed by atoms with Crippen molar-refractivity contribution in [2.24, 2.45) is 0 Å². The fraction of sp³-hybridized carbons (Fsp3) is 0. The summed E-state index contributed by atoms with van der Waals surface area (Å²) in [5.41, 5.74) is 1.64. The summed E-state index contributed by atoms with van der Waals surface area (Å²) >= 11 is 10.6.